The highest BCUT2D eigenvalue weighted by Crippen LogP contribution is 2.14. The van der Waals surface area contributed by atoms with Gasteiger partial charge in [0.05, 0.1) is 11.5 Å². The van der Waals surface area contributed by atoms with E-state index in [9.17, 15) is 26.8 Å². The first-order valence-electron chi connectivity index (χ1n) is 5.75. The molecule has 0 aliphatic carbocycles. The average Bonchev–Trinajstić information content (AvgIpc) is 2.31. The first kappa shape index (κ1) is 17.0. The van der Waals surface area contributed by atoms with Gasteiger partial charge < -0.3 is 10.4 Å². The summed E-state index contributed by atoms with van der Waals surface area (Å²) < 4.78 is 49.8. The SMILES string of the molecule is CC(=O)N[C@@H](CS(=O)(=O)Cc1ccc(F)cc1F)C(=O)O. The van der Waals surface area contributed by atoms with Crippen molar-refractivity contribution in [3.8, 4) is 0 Å². The highest BCUT2D eigenvalue weighted by atomic mass is 32.2. The molecule has 0 heterocycles. The molecule has 1 rings (SSSR count). The van der Waals surface area contributed by atoms with Crippen molar-refractivity contribution in [1.82, 2.24) is 5.32 Å². The number of aliphatic carboxylic acids is 1. The zero-order chi connectivity index (χ0) is 16.2. The van der Waals surface area contributed by atoms with Gasteiger partial charge in [-0.15, -0.1) is 0 Å². The van der Waals surface area contributed by atoms with Crippen LogP contribution in [0.1, 0.15) is 12.5 Å². The summed E-state index contributed by atoms with van der Waals surface area (Å²) in [7, 11) is -4.02. The summed E-state index contributed by atoms with van der Waals surface area (Å²) >= 11 is 0. The summed E-state index contributed by atoms with van der Waals surface area (Å²) in [4.78, 5) is 21.7. The third-order valence-corrected chi connectivity index (χ3v) is 4.08. The molecule has 0 fully saturated rings. The lowest BCUT2D eigenvalue weighted by Gasteiger charge is -2.13. The number of carbonyl (C=O) groups excluding carboxylic acids is 1. The van der Waals surface area contributed by atoms with Gasteiger partial charge in [-0.3, -0.25) is 4.79 Å². The van der Waals surface area contributed by atoms with Crippen LogP contribution in [-0.2, 0) is 25.2 Å². The van der Waals surface area contributed by atoms with Gasteiger partial charge in [-0.25, -0.2) is 22.0 Å². The van der Waals surface area contributed by atoms with Gasteiger partial charge in [0.1, 0.15) is 17.7 Å². The lowest BCUT2D eigenvalue weighted by molar-refractivity contribution is -0.140. The topological polar surface area (TPSA) is 101 Å². The van der Waals surface area contributed by atoms with Gasteiger partial charge in [0, 0.05) is 18.6 Å². The predicted octanol–water partition coefficient (Wildman–Crippen LogP) is 0.469. The van der Waals surface area contributed by atoms with Crippen molar-refractivity contribution in [1.29, 1.82) is 0 Å². The molecule has 0 saturated carbocycles. The molecule has 1 amide bonds. The second kappa shape index (κ2) is 6.61. The highest BCUT2D eigenvalue weighted by molar-refractivity contribution is 7.90. The predicted molar refractivity (Wildman–Crippen MR) is 69.1 cm³/mol. The molecule has 0 unspecified atom stereocenters. The van der Waals surface area contributed by atoms with E-state index in [1.54, 1.807) is 0 Å². The van der Waals surface area contributed by atoms with Crippen molar-refractivity contribution in [2.24, 2.45) is 0 Å². The molecule has 0 bridgehead atoms. The smallest absolute Gasteiger partial charge is 0.327 e. The van der Waals surface area contributed by atoms with Gasteiger partial charge >= 0.3 is 5.97 Å². The summed E-state index contributed by atoms with van der Waals surface area (Å²) in [5.41, 5.74) is -0.275. The minimum atomic E-state index is -4.02. The van der Waals surface area contributed by atoms with Crippen LogP contribution in [0.5, 0.6) is 0 Å². The van der Waals surface area contributed by atoms with Crippen LogP contribution < -0.4 is 5.32 Å². The monoisotopic (exact) mass is 321 g/mol. The maximum Gasteiger partial charge on any atom is 0.327 e. The Balaban J connectivity index is 2.90. The van der Waals surface area contributed by atoms with E-state index in [0.717, 1.165) is 19.1 Å². The third kappa shape index (κ3) is 5.46. The van der Waals surface area contributed by atoms with E-state index in [2.05, 4.69) is 0 Å². The molecule has 0 aliphatic heterocycles. The first-order valence-corrected chi connectivity index (χ1v) is 7.57. The molecule has 0 saturated heterocycles. The first-order chi connectivity index (χ1) is 9.60. The summed E-state index contributed by atoms with van der Waals surface area (Å²) in [5.74, 6) is -5.79. The Hall–Kier alpha value is -2.03. The standard InChI is InChI=1S/C12H13F2NO5S/c1-7(16)15-11(12(17)18)6-21(19,20)5-8-2-3-9(13)4-10(8)14/h2-4,11H,5-6H2,1H3,(H,15,16)(H,17,18)/t11-/m0/s1. The van der Waals surface area contributed by atoms with E-state index in [1.807, 2.05) is 5.32 Å². The van der Waals surface area contributed by atoms with Crippen LogP contribution in [-0.4, -0.2) is 37.2 Å². The summed E-state index contributed by atoms with van der Waals surface area (Å²) in [6, 6.07) is 0.774. The van der Waals surface area contributed by atoms with E-state index in [-0.39, 0.29) is 5.56 Å². The van der Waals surface area contributed by atoms with Gasteiger partial charge in [0.2, 0.25) is 5.91 Å². The zero-order valence-electron chi connectivity index (χ0n) is 11.0. The van der Waals surface area contributed by atoms with E-state index in [1.165, 1.54) is 0 Å². The number of nitrogens with one attached hydrogen (secondary N) is 1. The second-order valence-electron chi connectivity index (χ2n) is 4.38. The number of amides is 1. The number of hydrogen-bond acceptors (Lipinski definition) is 4. The van der Waals surface area contributed by atoms with Gasteiger partial charge in [-0.2, -0.15) is 0 Å². The minimum Gasteiger partial charge on any atom is -0.480 e. The van der Waals surface area contributed by atoms with Crippen molar-refractivity contribution in [2.75, 3.05) is 5.75 Å². The number of carboxylic acid groups (broad SMARTS) is 1. The molecule has 0 aliphatic rings. The van der Waals surface area contributed by atoms with Crippen LogP contribution >= 0.6 is 0 Å². The highest BCUT2D eigenvalue weighted by Gasteiger charge is 2.27. The molecular weight excluding hydrogens is 308 g/mol. The quantitative estimate of drug-likeness (QED) is 0.793. The molecule has 6 nitrogen and oxygen atoms in total. The van der Waals surface area contributed by atoms with Crippen LogP contribution in [0.2, 0.25) is 0 Å². The van der Waals surface area contributed by atoms with Crippen molar-refractivity contribution in [3.63, 3.8) is 0 Å². The van der Waals surface area contributed by atoms with Crippen molar-refractivity contribution in [2.45, 2.75) is 18.7 Å². The molecule has 0 spiro atoms. The molecule has 2 N–H and O–H groups in total. The van der Waals surface area contributed by atoms with Gasteiger partial charge in [-0.05, 0) is 6.07 Å². The van der Waals surface area contributed by atoms with Gasteiger partial charge in [-0.1, -0.05) is 6.07 Å². The van der Waals surface area contributed by atoms with Crippen LogP contribution in [0, 0.1) is 11.6 Å². The van der Waals surface area contributed by atoms with Gasteiger partial charge in [0.15, 0.2) is 9.84 Å². The largest absolute Gasteiger partial charge is 0.480 e. The van der Waals surface area contributed by atoms with Crippen molar-refractivity contribution >= 4 is 21.7 Å². The Morgan fingerprint density at radius 3 is 2.43 bits per heavy atom. The second-order valence-corrected chi connectivity index (χ2v) is 6.49. The maximum atomic E-state index is 13.4. The Labute approximate surface area is 119 Å². The molecule has 0 aromatic heterocycles. The lowest BCUT2D eigenvalue weighted by Crippen LogP contribution is -2.44. The number of carboxylic acids is 1. The minimum absolute atomic E-state index is 0.275. The number of rotatable bonds is 6. The van der Waals surface area contributed by atoms with Crippen LogP contribution in [0.3, 0.4) is 0 Å². The molecular formula is C12H13F2NO5S. The molecule has 1 atom stereocenters. The molecule has 9 heteroatoms. The summed E-state index contributed by atoms with van der Waals surface area (Å²) in [6.07, 6.45) is 0. The van der Waals surface area contributed by atoms with E-state index in [4.69, 9.17) is 5.11 Å². The van der Waals surface area contributed by atoms with Crippen LogP contribution in [0.25, 0.3) is 0 Å². The zero-order valence-corrected chi connectivity index (χ0v) is 11.8. The maximum absolute atomic E-state index is 13.4. The average molecular weight is 321 g/mol. The Kier molecular flexibility index (Phi) is 5.36. The van der Waals surface area contributed by atoms with Crippen LogP contribution in [0.4, 0.5) is 8.78 Å². The van der Waals surface area contributed by atoms with Gasteiger partial charge in [0.25, 0.3) is 0 Å². The molecule has 0 radical (unpaired) electrons. The van der Waals surface area contributed by atoms with Crippen molar-refractivity contribution < 1.29 is 31.9 Å². The number of hydrogen-bond donors (Lipinski definition) is 2. The number of carbonyl (C=O) groups is 2. The number of benzene rings is 1. The Morgan fingerprint density at radius 2 is 1.95 bits per heavy atom. The molecule has 116 valence electrons. The number of halogens is 2. The fourth-order valence-corrected chi connectivity index (χ4v) is 3.17. The fourth-order valence-electron chi connectivity index (χ4n) is 1.61. The Morgan fingerprint density at radius 1 is 1.33 bits per heavy atom. The van der Waals surface area contributed by atoms with Crippen molar-refractivity contribution in [3.05, 3.63) is 35.4 Å². The summed E-state index contributed by atoms with van der Waals surface area (Å²) in [5, 5.41) is 10.8. The molecule has 21 heavy (non-hydrogen) atoms. The lowest BCUT2D eigenvalue weighted by atomic mass is 10.2. The molecule has 1 aromatic carbocycles. The third-order valence-electron chi connectivity index (χ3n) is 2.49. The van der Waals surface area contributed by atoms with E-state index < -0.39 is 50.9 Å². The van der Waals surface area contributed by atoms with E-state index in [0.29, 0.717) is 6.07 Å². The normalized spacial score (nSPS) is 12.7. The molecule has 1 aromatic rings. The van der Waals surface area contributed by atoms with Crippen LogP contribution in [0.15, 0.2) is 18.2 Å². The Bertz CT molecular complexity index is 660. The summed E-state index contributed by atoms with van der Waals surface area (Å²) in [6.45, 7) is 1.04. The fraction of sp³-hybridized carbons (Fsp3) is 0.333. The van der Waals surface area contributed by atoms with E-state index >= 15 is 0 Å². The number of sulfone groups is 1.